The number of hydrogen-bond donors (Lipinski definition) is 2. The Kier molecular flexibility index (Phi) is 5.55. The number of aliphatic hydroxyl groups is 1. The maximum absolute atomic E-state index is 13.5. The monoisotopic (exact) mass is 453 g/mol. The molecule has 0 saturated carbocycles. The summed E-state index contributed by atoms with van der Waals surface area (Å²) in [6, 6.07) is 16.2. The smallest absolute Gasteiger partial charge is 0.296 e. The standard InChI is InChI=1S/C24H21ClFN3O3/c1-13-20(11-30)31-12-21(13)32-24-27-19-10-18(25)22(28-23(19)29-24)15-7-5-14(6-8-15)16-3-2-4-17(26)9-16/h2-10,13,20-21,30H,11-12H2,1H3,(H,27,28,29). The topological polar surface area (TPSA) is 80.3 Å². The van der Waals surface area contributed by atoms with Gasteiger partial charge in [0.2, 0.25) is 0 Å². The summed E-state index contributed by atoms with van der Waals surface area (Å²) in [7, 11) is 0. The molecular formula is C24H21ClFN3O3. The molecule has 2 aromatic carbocycles. The van der Waals surface area contributed by atoms with E-state index in [0.717, 1.165) is 16.7 Å². The Morgan fingerprint density at radius 2 is 1.91 bits per heavy atom. The van der Waals surface area contributed by atoms with E-state index in [0.29, 0.717) is 34.5 Å². The van der Waals surface area contributed by atoms with E-state index < -0.39 is 0 Å². The number of halogens is 2. The summed E-state index contributed by atoms with van der Waals surface area (Å²) in [6.45, 7) is 2.32. The highest BCUT2D eigenvalue weighted by Crippen LogP contribution is 2.32. The van der Waals surface area contributed by atoms with Gasteiger partial charge in [-0.2, -0.15) is 4.98 Å². The average molecular weight is 454 g/mol. The molecule has 4 aromatic rings. The van der Waals surface area contributed by atoms with E-state index >= 15 is 0 Å². The van der Waals surface area contributed by atoms with Crippen LogP contribution in [0.3, 0.4) is 0 Å². The molecule has 3 unspecified atom stereocenters. The van der Waals surface area contributed by atoms with Crippen molar-refractivity contribution in [2.75, 3.05) is 13.2 Å². The summed E-state index contributed by atoms with van der Waals surface area (Å²) in [6.07, 6.45) is -0.447. The molecule has 32 heavy (non-hydrogen) atoms. The van der Waals surface area contributed by atoms with Crippen LogP contribution in [0.25, 0.3) is 33.5 Å². The largest absolute Gasteiger partial charge is 0.459 e. The van der Waals surface area contributed by atoms with Crippen molar-refractivity contribution in [2.24, 2.45) is 5.92 Å². The minimum absolute atomic E-state index is 0.0388. The first-order valence-electron chi connectivity index (χ1n) is 10.3. The van der Waals surface area contributed by atoms with Crippen molar-refractivity contribution < 1.29 is 19.0 Å². The second-order valence-electron chi connectivity index (χ2n) is 7.89. The molecule has 164 valence electrons. The highest BCUT2D eigenvalue weighted by Gasteiger charge is 2.35. The van der Waals surface area contributed by atoms with E-state index in [9.17, 15) is 9.50 Å². The molecule has 1 saturated heterocycles. The van der Waals surface area contributed by atoms with Crippen molar-refractivity contribution >= 4 is 22.8 Å². The van der Waals surface area contributed by atoms with Gasteiger partial charge in [0.15, 0.2) is 5.65 Å². The van der Waals surface area contributed by atoms with Crippen LogP contribution in [0.5, 0.6) is 6.01 Å². The third kappa shape index (κ3) is 3.95. The van der Waals surface area contributed by atoms with Gasteiger partial charge < -0.3 is 19.6 Å². The minimum Gasteiger partial charge on any atom is -0.459 e. The Bertz CT molecular complexity index is 1260. The number of H-pyrrole nitrogens is 1. The fourth-order valence-electron chi connectivity index (χ4n) is 3.91. The molecule has 5 rings (SSSR count). The Labute approximate surface area is 189 Å². The van der Waals surface area contributed by atoms with E-state index in [1.165, 1.54) is 12.1 Å². The van der Waals surface area contributed by atoms with Crippen LogP contribution in [0.15, 0.2) is 54.6 Å². The van der Waals surface area contributed by atoms with Gasteiger partial charge >= 0.3 is 0 Å². The van der Waals surface area contributed by atoms with Gasteiger partial charge in [0.25, 0.3) is 6.01 Å². The van der Waals surface area contributed by atoms with Crippen molar-refractivity contribution in [3.63, 3.8) is 0 Å². The number of pyridine rings is 1. The van der Waals surface area contributed by atoms with Crippen molar-refractivity contribution in [1.82, 2.24) is 15.0 Å². The van der Waals surface area contributed by atoms with Gasteiger partial charge in [-0.1, -0.05) is 54.9 Å². The number of benzene rings is 2. The molecule has 1 aliphatic rings. The zero-order valence-electron chi connectivity index (χ0n) is 17.3. The molecule has 1 aliphatic heterocycles. The summed E-state index contributed by atoms with van der Waals surface area (Å²) in [5.41, 5.74) is 4.27. The van der Waals surface area contributed by atoms with Gasteiger partial charge in [0.05, 0.1) is 35.6 Å². The van der Waals surface area contributed by atoms with Crippen LogP contribution in [-0.2, 0) is 4.74 Å². The van der Waals surface area contributed by atoms with Crippen LogP contribution in [0.4, 0.5) is 4.39 Å². The van der Waals surface area contributed by atoms with Gasteiger partial charge in [0.1, 0.15) is 11.9 Å². The number of imidazole rings is 1. The number of ether oxygens (including phenoxy) is 2. The summed E-state index contributed by atoms with van der Waals surface area (Å²) in [5.74, 6) is -0.235. The maximum Gasteiger partial charge on any atom is 0.296 e. The Balaban J connectivity index is 1.41. The van der Waals surface area contributed by atoms with Crippen LogP contribution in [0.2, 0.25) is 5.02 Å². The third-order valence-corrected chi connectivity index (χ3v) is 6.10. The number of aliphatic hydroxyl groups excluding tert-OH is 1. The maximum atomic E-state index is 13.5. The molecule has 8 heteroatoms. The number of nitrogens with one attached hydrogen (secondary N) is 1. The summed E-state index contributed by atoms with van der Waals surface area (Å²) in [5, 5.41) is 9.83. The SMILES string of the molecule is CC1C(CO)OCC1Oc1nc2nc(-c3ccc(-c4cccc(F)c4)cc3)c(Cl)cc2[nH]1. The van der Waals surface area contributed by atoms with Gasteiger partial charge in [-0.3, -0.25) is 0 Å². The first kappa shape index (κ1) is 20.9. The number of nitrogens with zero attached hydrogens (tertiary/aromatic N) is 2. The van der Waals surface area contributed by atoms with E-state index in [1.54, 1.807) is 12.1 Å². The number of aromatic nitrogens is 3. The van der Waals surface area contributed by atoms with E-state index in [1.807, 2.05) is 37.3 Å². The lowest BCUT2D eigenvalue weighted by molar-refractivity contribution is 0.0424. The molecule has 0 spiro atoms. The van der Waals surface area contributed by atoms with E-state index in [4.69, 9.17) is 21.1 Å². The van der Waals surface area contributed by atoms with Crippen molar-refractivity contribution in [2.45, 2.75) is 19.1 Å². The van der Waals surface area contributed by atoms with Crippen molar-refractivity contribution in [3.05, 3.63) is 65.4 Å². The molecule has 3 atom stereocenters. The number of aromatic amines is 1. The average Bonchev–Trinajstić information content (AvgIpc) is 3.35. The van der Waals surface area contributed by atoms with E-state index in [2.05, 4.69) is 15.0 Å². The summed E-state index contributed by atoms with van der Waals surface area (Å²) in [4.78, 5) is 12.2. The molecule has 2 N–H and O–H groups in total. The minimum atomic E-state index is -0.274. The van der Waals surface area contributed by atoms with Crippen LogP contribution < -0.4 is 4.74 Å². The lowest BCUT2D eigenvalue weighted by Gasteiger charge is -2.16. The molecule has 3 heterocycles. The van der Waals surface area contributed by atoms with Gasteiger partial charge in [0, 0.05) is 11.5 Å². The molecule has 6 nitrogen and oxygen atoms in total. The lowest BCUT2D eigenvalue weighted by atomic mass is 10.0. The highest BCUT2D eigenvalue weighted by atomic mass is 35.5. The number of rotatable bonds is 5. The van der Waals surface area contributed by atoms with Crippen LogP contribution in [-0.4, -0.2) is 45.5 Å². The van der Waals surface area contributed by atoms with Crippen LogP contribution in [0.1, 0.15) is 6.92 Å². The van der Waals surface area contributed by atoms with Crippen molar-refractivity contribution in [1.29, 1.82) is 0 Å². The van der Waals surface area contributed by atoms with Crippen molar-refractivity contribution in [3.8, 4) is 28.4 Å². The molecule has 2 aromatic heterocycles. The predicted molar refractivity (Wildman–Crippen MR) is 120 cm³/mol. The summed E-state index contributed by atoms with van der Waals surface area (Å²) >= 11 is 6.51. The van der Waals surface area contributed by atoms with Gasteiger partial charge in [-0.05, 0) is 29.3 Å². The zero-order valence-corrected chi connectivity index (χ0v) is 18.0. The quantitative estimate of drug-likeness (QED) is 0.451. The van der Waals surface area contributed by atoms with Crippen LogP contribution >= 0.6 is 11.6 Å². The van der Waals surface area contributed by atoms with E-state index in [-0.39, 0.29) is 30.5 Å². The van der Waals surface area contributed by atoms with Gasteiger partial charge in [-0.25, -0.2) is 9.37 Å². The second-order valence-corrected chi connectivity index (χ2v) is 8.30. The third-order valence-electron chi connectivity index (χ3n) is 5.81. The van der Waals surface area contributed by atoms with Gasteiger partial charge in [-0.15, -0.1) is 0 Å². The molecule has 1 fully saturated rings. The highest BCUT2D eigenvalue weighted by molar-refractivity contribution is 6.33. The first-order valence-corrected chi connectivity index (χ1v) is 10.7. The molecular weight excluding hydrogens is 433 g/mol. The Hall–Kier alpha value is -3.00. The molecule has 0 radical (unpaired) electrons. The summed E-state index contributed by atoms with van der Waals surface area (Å²) < 4.78 is 25.0. The lowest BCUT2D eigenvalue weighted by Crippen LogP contribution is -2.28. The fourth-order valence-corrected chi connectivity index (χ4v) is 4.17. The normalized spacial score (nSPS) is 20.7. The van der Waals surface area contributed by atoms with Crippen LogP contribution in [0, 0.1) is 11.7 Å². The molecule has 0 amide bonds. The molecule has 0 bridgehead atoms. The Morgan fingerprint density at radius 1 is 1.12 bits per heavy atom. The fraction of sp³-hybridized carbons (Fsp3) is 0.250. The number of fused-ring (bicyclic) bond motifs is 1. The first-order chi connectivity index (χ1) is 15.5. The Morgan fingerprint density at radius 3 is 2.62 bits per heavy atom. The number of hydrogen-bond acceptors (Lipinski definition) is 5. The second kappa shape index (κ2) is 8.50. The molecule has 0 aliphatic carbocycles. The predicted octanol–water partition coefficient (Wildman–Crippen LogP) is 4.86. The zero-order chi connectivity index (χ0) is 22.2.